The van der Waals surface area contributed by atoms with E-state index in [0.29, 0.717) is 0 Å². The van der Waals surface area contributed by atoms with E-state index in [-0.39, 0.29) is 0 Å². The maximum atomic E-state index is 6.39. The molecule has 0 fully saturated rings. The Hall–Kier alpha value is -6.18. The van der Waals surface area contributed by atoms with Crippen molar-refractivity contribution in [1.29, 1.82) is 0 Å². The van der Waals surface area contributed by atoms with E-state index < -0.39 is 0 Å². The normalized spacial score (nSPS) is 11.8. The van der Waals surface area contributed by atoms with Gasteiger partial charge in [0.25, 0.3) is 0 Å². The highest BCUT2D eigenvalue weighted by Gasteiger charge is 2.20. The van der Waals surface area contributed by atoms with E-state index in [2.05, 4.69) is 170 Å². The summed E-state index contributed by atoms with van der Waals surface area (Å²) >= 11 is 0. The zero-order chi connectivity index (χ0) is 30.9. The van der Waals surface area contributed by atoms with Crippen LogP contribution >= 0.6 is 0 Å². The molecule has 0 radical (unpaired) electrons. The molecule has 0 saturated heterocycles. The Morgan fingerprint density at radius 1 is 0.277 bits per heavy atom. The second-order valence-corrected chi connectivity index (χ2v) is 12.4. The third kappa shape index (κ3) is 3.97. The van der Waals surface area contributed by atoms with Crippen LogP contribution in [0.15, 0.2) is 174 Å². The molecule has 0 atom stereocenters. The number of hydrogen-bond acceptors (Lipinski definition) is 1. The molecule has 1 nitrogen and oxygen atoms in total. The van der Waals surface area contributed by atoms with Crippen LogP contribution in [0.1, 0.15) is 0 Å². The average Bonchev–Trinajstić information content (AvgIpc) is 3.49. The van der Waals surface area contributed by atoms with Crippen LogP contribution in [-0.2, 0) is 0 Å². The molecule has 0 aliphatic heterocycles. The fraction of sp³-hybridized carbons (Fsp3) is 0. The molecule has 10 aromatic rings. The smallest absolute Gasteiger partial charge is 0.136 e. The van der Waals surface area contributed by atoms with E-state index in [1.54, 1.807) is 0 Å². The highest BCUT2D eigenvalue weighted by Crippen LogP contribution is 2.47. The molecule has 0 saturated carbocycles. The Morgan fingerprint density at radius 2 is 0.787 bits per heavy atom. The van der Waals surface area contributed by atoms with Crippen LogP contribution in [-0.4, -0.2) is 0 Å². The summed E-state index contributed by atoms with van der Waals surface area (Å²) in [4.78, 5) is 0. The molecule has 0 N–H and O–H groups in total. The predicted octanol–water partition coefficient (Wildman–Crippen LogP) is 13.2. The summed E-state index contributed by atoms with van der Waals surface area (Å²) in [7, 11) is 0. The predicted molar refractivity (Wildman–Crippen MR) is 200 cm³/mol. The molecular weight excluding hydrogens is 569 g/mol. The molecule has 1 aromatic heterocycles. The van der Waals surface area contributed by atoms with Gasteiger partial charge in [0.2, 0.25) is 0 Å². The van der Waals surface area contributed by atoms with Gasteiger partial charge in [0.15, 0.2) is 0 Å². The minimum atomic E-state index is 0.910. The van der Waals surface area contributed by atoms with Gasteiger partial charge in [0.05, 0.1) is 0 Å². The molecule has 47 heavy (non-hydrogen) atoms. The second kappa shape index (κ2) is 10.2. The zero-order valence-corrected chi connectivity index (χ0v) is 25.6. The Kier molecular flexibility index (Phi) is 5.64. The van der Waals surface area contributed by atoms with Crippen LogP contribution in [0.25, 0.3) is 98.4 Å². The first-order valence-corrected chi connectivity index (χ1v) is 16.2. The van der Waals surface area contributed by atoms with Crippen molar-refractivity contribution in [3.63, 3.8) is 0 Å². The SMILES string of the molecule is c1ccc(-c2c3ccccc3c(-c3ccc4oc5cc6ccccc6cc5c4c3)c3ccccc23)c(-c2cccc3ccccc23)c1. The molecule has 218 valence electrons. The van der Waals surface area contributed by atoms with E-state index >= 15 is 0 Å². The number of furan rings is 1. The second-order valence-electron chi connectivity index (χ2n) is 12.4. The Labute approximate surface area is 271 Å². The van der Waals surface area contributed by atoms with Crippen LogP contribution in [0.4, 0.5) is 0 Å². The lowest BCUT2D eigenvalue weighted by atomic mass is 9.83. The average molecular weight is 597 g/mol. The standard InChI is InChI=1S/C46H28O/c1-2-14-31-28-44-42(26-30(31)13-1)41-27-32(24-25-43(41)47-44)45-37-19-7-9-21-39(37)46(40-22-10-8-20-38(40)45)36-18-6-5-17-35(36)34-23-11-15-29-12-3-4-16-33(29)34/h1-28H. The van der Waals surface area contributed by atoms with Gasteiger partial charge in [-0.2, -0.15) is 0 Å². The molecule has 9 aromatic carbocycles. The Balaban J connectivity index is 1.27. The maximum Gasteiger partial charge on any atom is 0.136 e. The van der Waals surface area contributed by atoms with E-state index in [9.17, 15) is 0 Å². The number of hydrogen-bond donors (Lipinski definition) is 0. The number of fused-ring (bicyclic) bond motifs is 7. The summed E-state index contributed by atoms with van der Waals surface area (Å²) in [5.41, 5.74) is 9.27. The highest BCUT2D eigenvalue weighted by molar-refractivity contribution is 6.23. The lowest BCUT2D eigenvalue weighted by Crippen LogP contribution is -1.93. The van der Waals surface area contributed by atoms with Crippen LogP contribution in [0.3, 0.4) is 0 Å². The summed E-state index contributed by atoms with van der Waals surface area (Å²) in [6.07, 6.45) is 0. The Bertz CT molecular complexity index is 2790. The lowest BCUT2D eigenvalue weighted by molar-refractivity contribution is 0.669. The van der Waals surface area contributed by atoms with Crippen molar-refractivity contribution in [2.45, 2.75) is 0 Å². The van der Waals surface area contributed by atoms with Gasteiger partial charge in [0, 0.05) is 10.8 Å². The van der Waals surface area contributed by atoms with E-state index in [1.165, 1.54) is 76.5 Å². The van der Waals surface area contributed by atoms with Gasteiger partial charge in [-0.05, 0) is 101 Å². The van der Waals surface area contributed by atoms with Crippen LogP contribution in [0.2, 0.25) is 0 Å². The molecule has 0 amide bonds. The molecule has 1 heteroatoms. The molecule has 10 rings (SSSR count). The molecule has 0 aliphatic rings. The molecule has 0 spiro atoms. The number of benzene rings is 9. The van der Waals surface area contributed by atoms with Crippen LogP contribution in [0.5, 0.6) is 0 Å². The zero-order valence-electron chi connectivity index (χ0n) is 25.6. The van der Waals surface area contributed by atoms with Crippen molar-refractivity contribution in [3.8, 4) is 33.4 Å². The molecular formula is C46H28O. The van der Waals surface area contributed by atoms with E-state index in [1.807, 2.05) is 0 Å². The third-order valence-corrected chi connectivity index (χ3v) is 9.83. The van der Waals surface area contributed by atoms with Crippen molar-refractivity contribution in [1.82, 2.24) is 0 Å². The van der Waals surface area contributed by atoms with Crippen molar-refractivity contribution in [3.05, 3.63) is 170 Å². The van der Waals surface area contributed by atoms with Crippen molar-refractivity contribution < 1.29 is 4.42 Å². The first kappa shape index (κ1) is 26.1. The Morgan fingerprint density at radius 3 is 1.51 bits per heavy atom. The quantitative estimate of drug-likeness (QED) is 0.185. The van der Waals surface area contributed by atoms with E-state index in [0.717, 1.165) is 21.9 Å². The van der Waals surface area contributed by atoms with Gasteiger partial charge >= 0.3 is 0 Å². The van der Waals surface area contributed by atoms with Gasteiger partial charge in [-0.15, -0.1) is 0 Å². The summed E-state index contributed by atoms with van der Waals surface area (Å²) in [6, 6.07) is 61.6. The summed E-state index contributed by atoms with van der Waals surface area (Å²) < 4.78 is 6.39. The summed E-state index contributed by atoms with van der Waals surface area (Å²) in [6.45, 7) is 0. The largest absolute Gasteiger partial charge is 0.456 e. The lowest BCUT2D eigenvalue weighted by Gasteiger charge is -2.20. The first-order valence-electron chi connectivity index (χ1n) is 16.2. The third-order valence-electron chi connectivity index (χ3n) is 9.83. The van der Waals surface area contributed by atoms with Gasteiger partial charge in [-0.25, -0.2) is 0 Å². The van der Waals surface area contributed by atoms with Crippen molar-refractivity contribution in [2.24, 2.45) is 0 Å². The topological polar surface area (TPSA) is 13.1 Å². The van der Waals surface area contributed by atoms with E-state index in [4.69, 9.17) is 4.42 Å². The number of rotatable bonds is 3. The monoisotopic (exact) mass is 596 g/mol. The fourth-order valence-electron chi connectivity index (χ4n) is 7.74. The summed E-state index contributed by atoms with van der Waals surface area (Å²) in [5, 5.41) is 12.2. The molecule has 0 unspecified atom stereocenters. The van der Waals surface area contributed by atoms with Gasteiger partial charge in [0.1, 0.15) is 11.2 Å². The first-order chi connectivity index (χ1) is 23.3. The van der Waals surface area contributed by atoms with Crippen molar-refractivity contribution >= 4 is 65.0 Å². The minimum absolute atomic E-state index is 0.910. The maximum absolute atomic E-state index is 6.39. The van der Waals surface area contributed by atoms with Crippen LogP contribution in [0, 0.1) is 0 Å². The molecule has 1 heterocycles. The highest BCUT2D eigenvalue weighted by atomic mass is 16.3. The van der Waals surface area contributed by atoms with Crippen LogP contribution < -0.4 is 0 Å². The molecule has 0 bridgehead atoms. The summed E-state index contributed by atoms with van der Waals surface area (Å²) in [5.74, 6) is 0. The van der Waals surface area contributed by atoms with Gasteiger partial charge in [-0.3, -0.25) is 0 Å². The van der Waals surface area contributed by atoms with Gasteiger partial charge in [-0.1, -0.05) is 146 Å². The van der Waals surface area contributed by atoms with Crippen molar-refractivity contribution in [2.75, 3.05) is 0 Å². The fourth-order valence-corrected chi connectivity index (χ4v) is 7.74. The molecule has 0 aliphatic carbocycles. The van der Waals surface area contributed by atoms with Gasteiger partial charge < -0.3 is 4.42 Å². The minimum Gasteiger partial charge on any atom is -0.456 e.